The van der Waals surface area contributed by atoms with Crippen LogP contribution in [0.2, 0.25) is 0 Å². The van der Waals surface area contributed by atoms with Crippen LogP contribution in [0.3, 0.4) is 0 Å². The summed E-state index contributed by atoms with van der Waals surface area (Å²) >= 11 is 1.44. The molecular weight excluding hydrogens is 380 g/mol. The summed E-state index contributed by atoms with van der Waals surface area (Å²) in [6, 6.07) is 14.2. The van der Waals surface area contributed by atoms with Crippen molar-refractivity contribution in [3.63, 3.8) is 0 Å². The molecule has 1 aromatic carbocycles. The predicted molar refractivity (Wildman–Crippen MR) is 116 cm³/mol. The highest BCUT2D eigenvalue weighted by Crippen LogP contribution is 2.34. The molecule has 0 aliphatic carbocycles. The molecule has 0 unspecified atom stereocenters. The first-order valence-electron chi connectivity index (χ1n) is 9.95. The first kappa shape index (κ1) is 18.1. The Bertz CT molecular complexity index is 1160. The topological polar surface area (TPSA) is 61.9 Å². The van der Waals surface area contributed by atoms with Crippen LogP contribution in [-0.2, 0) is 0 Å². The molecule has 0 radical (unpaired) electrons. The third-order valence-electron chi connectivity index (χ3n) is 5.72. The van der Waals surface area contributed by atoms with Crippen molar-refractivity contribution in [3.8, 4) is 10.7 Å². The van der Waals surface area contributed by atoms with Gasteiger partial charge in [-0.2, -0.15) is 0 Å². The summed E-state index contributed by atoms with van der Waals surface area (Å²) in [7, 11) is 0. The van der Waals surface area contributed by atoms with Gasteiger partial charge >= 0.3 is 0 Å². The highest BCUT2D eigenvalue weighted by molar-refractivity contribution is 7.17. The second kappa shape index (κ2) is 7.44. The number of likely N-dealkylation sites (tertiary alicyclic amines) is 1. The van der Waals surface area contributed by atoms with Gasteiger partial charge in [0.25, 0.3) is 5.91 Å². The molecule has 29 heavy (non-hydrogen) atoms. The molecule has 4 aromatic rings. The molecule has 1 amide bonds. The summed E-state index contributed by atoms with van der Waals surface area (Å²) < 4.78 is 0. The number of fused-ring (bicyclic) bond motifs is 1. The summed E-state index contributed by atoms with van der Waals surface area (Å²) in [4.78, 5) is 28.2. The summed E-state index contributed by atoms with van der Waals surface area (Å²) in [5.74, 6) is 0.585. The van der Waals surface area contributed by atoms with E-state index in [0.717, 1.165) is 47.2 Å². The minimum Gasteiger partial charge on any atom is -0.361 e. The zero-order valence-electron chi connectivity index (χ0n) is 16.3. The molecule has 1 aliphatic rings. The molecule has 0 saturated carbocycles. The van der Waals surface area contributed by atoms with E-state index in [2.05, 4.69) is 45.4 Å². The van der Waals surface area contributed by atoms with Gasteiger partial charge in [0, 0.05) is 36.4 Å². The molecule has 1 fully saturated rings. The van der Waals surface area contributed by atoms with E-state index < -0.39 is 0 Å². The molecule has 4 heterocycles. The normalized spacial score (nSPS) is 15.1. The number of pyridine rings is 1. The van der Waals surface area contributed by atoms with Crippen molar-refractivity contribution in [1.82, 2.24) is 19.9 Å². The van der Waals surface area contributed by atoms with Crippen molar-refractivity contribution in [3.05, 3.63) is 71.0 Å². The molecule has 6 heteroatoms. The van der Waals surface area contributed by atoms with Crippen LogP contribution >= 0.6 is 11.3 Å². The number of para-hydroxylation sites is 1. The van der Waals surface area contributed by atoms with Gasteiger partial charge in [-0.25, -0.2) is 4.98 Å². The van der Waals surface area contributed by atoms with Gasteiger partial charge in [-0.05, 0) is 49.4 Å². The van der Waals surface area contributed by atoms with Crippen molar-refractivity contribution in [2.45, 2.75) is 25.7 Å². The number of carbonyl (C=O) groups is 1. The fourth-order valence-corrected chi connectivity index (χ4v) is 5.17. The minimum absolute atomic E-state index is 0.0968. The third-order valence-corrected chi connectivity index (χ3v) is 6.89. The number of aromatic nitrogens is 3. The van der Waals surface area contributed by atoms with Crippen LogP contribution in [0.25, 0.3) is 21.6 Å². The molecule has 0 bridgehead atoms. The zero-order valence-corrected chi connectivity index (χ0v) is 17.1. The van der Waals surface area contributed by atoms with Crippen LogP contribution in [0.1, 0.15) is 39.7 Å². The van der Waals surface area contributed by atoms with Crippen molar-refractivity contribution in [2.75, 3.05) is 13.1 Å². The maximum absolute atomic E-state index is 13.1. The van der Waals surface area contributed by atoms with Gasteiger partial charge in [0.15, 0.2) is 0 Å². The summed E-state index contributed by atoms with van der Waals surface area (Å²) in [5, 5.41) is 2.11. The molecule has 1 saturated heterocycles. The molecular formula is C23H22N4OS. The molecule has 3 aromatic heterocycles. The molecule has 1 N–H and O–H groups in total. The maximum Gasteiger partial charge on any atom is 0.265 e. The molecule has 1 aliphatic heterocycles. The Labute approximate surface area is 173 Å². The zero-order chi connectivity index (χ0) is 19.8. The van der Waals surface area contributed by atoms with Crippen LogP contribution < -0.4 is 0 Å². The van der Waals surface area contributed by atoms with Crippen molar-refractivity contribution in [2.24, 2.45) is 0 Å². The number of H-pyrrole nitrogens is 1. The van der Waals surface area contributed by atoms with Gasteiger partial charge in [0.1, 0.15) is 9.88 Å². The second-order valence-corrected chi connectivity index (χ2v) is 8.50. The van der Waals surface area contributed by atoms with Crippen LogP contribution in [0.15, 0.2) is 54.9 Å². The van der Waals surface area contributed by atoms with E-state index in [1.807, 2.05) is 30.0 Å². The Hall–Kier alpha value is -2.99. The Kier molecular flexibility index (Phi) is 4.64. The Balaban J connectivity index is 1.31. The van der Waals surface area contributed by atoms with E-state index in [9.17, 15) is 4.79 Å². The first-order chi connectivity index (χ1) is 14.2. The standard InChI is InChI=1S/C23H22N4OS/c1-15-21(29-22(26-15)20-8-4-5-11-24-20)23(28)27-12-9-16(10-13-27)18-14-25-19-7-3-2-6-17(18)19/h2-8,11,14,16,25H,9-10,12-13H2,1H3. The first-order valence-corrected chi connectivity index (χ1v) is 10.8. The maximum atomic E-state index is 13.1. The smallest absolute Gasteiger partial charge is 0.265 e. The van der Waals surface area contributed by atoms with E-state index >= 15 is 0 Å². The van der Waals surface area contributed by atoms with Gasteiger partial charge in [0.05, 0.1) is 11.4 Å². The largest absolute Gasteiger partial charge is 0.361 e. The van der Waals surface area contributed by atoms with E-state index in [4.69, 9.17) is 0 Å². The van der Waals surface area contributed by atoms with E-state index in [1.165, 1.54) is 27.8 Å². The number of nitrogens with zero attached hydrogens (tertiary/aromatic N) is 3. The summed E-state index contributed by atoms with van der Waals surface area (Å²) in [5.41, 5.74) is 4.17. The average Bonchev–Trinajstić information content (AvgIpc) is 3.38. The van der Waals surface area contributed by atoms with Gasteiger partial charge in [-0.3, -0.25) is 9.78 Å². The number of aryl methyl sites for hydroxylation is 1. The highest BCUT2D eigenvalue weighted by Gasteiger charge is 2.28. The van der Waals surface area contributed by atoms with Gasteiger partial charge in [-0.1, -0.05) is 24.3 Å². The SMILES string of the molecule is Cc1nc(-c2ccccn2)sc1C(=O)N1CCC(c2c[nH]c3ccccc23)CC1. The number of carbonyl (C=O) groups excluding carboxylic acids is 1. The number of hydrogen-bond acceptors (Lipinski definition) is 4. The third kappa shape index (κ3) is 3.34. The number of amides is 1. The average molecular weight is 403 g/mol. The highest BCUT2D eigenvalue weighted by atomic mass is 32.1. The van der Waals surface area contributed by atoms with Crippen molar-refractivity contribution >= 4 is 28.1 Å². The number of benzene rings is 1. The van der Waals surface area contributed by atoms with Crippen LogP contribution in [0, 0.1) is 6.92 Å². The Morgan fingerprint density at radius 2 is 1.93 bits per heavy atom. The van der Waals surface area contributed by atoms with Gasteiger partial charge in [0.2, 0.25) is 0 Å². The monoisotopic (exact) mass is 402 g/mol. The minimum atomic E-state index is 0.0968. The van der Waals surface area contributed by atoms with Gasteiger partial charge < -0.3 is 9.88 Å². The van der Waals surface area contributed by atoms with Crippen LogP contribution in [-0.4, -0.2) is 38.8 Å². The van der Waals surface area contributed by atoms with Crippen molar-refractivity contribution < 1.29 is 4.79 Å². The number of piperidine rings is 1. The molecule has 5 rings (SSSR count). The molecule has 5 nitrogen and oxygen atoms in total. The molecule has 0 atom stereocenters. The van der Waals surface area contributed by atoms with Crippen LogP contribution in [0.4, 0.5) is 0 Å². The predicted octanol–water partition coefficient (Wildman–Crippen LogP) is 5.01. The van der Waals surface area contributed by atoms with E-state index in [-0.39, 0.29) is 5.91 Å². The number of thiazole rings is 1. The lowest BCUT2D eigenvalue weighted by Crippen LogP contribution is -2.37. The van der Waals surface area contributed by atoms with E-state index in [0.29, 0.717) is 5.92 Å². The second-order valence-electron chi connectivity index (χ2n) is 7.50. The fraction of sp³-hybridized carbons (Fsp3) is 0.261. The Morgan fingerprint density at radius 3 is 2.72 bits per heavy atom. The lowest BCUT2D eigenvalue weighted by Gasteiger charge is -2.31. The Morgan fingerprint density at radius 1 is 1.14 bits per heavy atom. The number of nitrogens with one attached hydrogen (secondary N) is 1. The summed E-state index contributed by atoms with van der Waals surface area (Å²) in [6.07, 6.45) is 5.86. The number of aromatic amines is 1. The van der Waals surface area contributed by atoms with Gasteiger partial charge in [-0.15, -0.1) is 11.3 Å². The molecule has 0 spiro atoms. The van der Waals surface area contributed by atoms with Crippen molar-refractivity contribution in [1.29, 1.82) is 0 Å². The number of rotatable bonds is 3. The lowest BCUT2D eigenvalue weighted by molar-refractivity contribution is 0.0717. The van der Waals surface area contributed by atoms with Crippen LogP contribution in [0.5, 0.6) is 0 Å². The fourth-order valence-electron chi connectivity index (χ4n) is 4.16. The molecule has 146 valence electrons. The quantitative estimate of drug-likeness (QED) is 0.524. The summed E-state index contributed by atoms with van der Waals surface area (Å²) in [6.45, 7) is 3.47. The van der Waals surface area contributed by atoms with E-state index in [1.54, 1.807) is 6.20 Å². The lowest BCUT2D eigenvalue weighted by atomic mass is 9.89. The number of hydrogen-bond donors (Lipinski definition) is 1.